The number of hydrogen-bond acceptors (Lipinski definition) is 4. The fourth-order valence-electron chi connectivity index (χ4n) is 4.21. The maximum atomic E-state index is 13.5. The smallest absolute Gasteiger partial charge is 0.270 e. The van der Waals surface area contributed by atoms with Crippen LogP contribution in [-0.4, -0.2) is 33.7 Å². The van der Waals surface area contributed by atoms with Gasteiger partial charge in [0.1, 0.15) is 11.4 Å². The molecule has 0 aliphatic heterocycles. The van der Waals surface area contributed by atoms with Crippen molar-refractivity contribution >= 4 is 11.6 Å². The van der Waals surface area contributed by atoms with Crippen molar-refractivity contribution in [3.8, 4) is 28.3 Å². The Labute approximate surface area is 210 Å². The van der Waals surface area contributed by atoms with Crippen LogP contribution in [0.15, 0.2) is 97.1 Å². The lowest BCUT2D eigenvalue weighted by atomic mass is 10.1. The van der Waals surface area contributed by atoms with E-state index in [1.807, 2.05) is 85.8 Å². The molecule has 1 atom stereocenters. The zero-order valence-electron chi connectivity index (χ0n) is 20.4. The number of carbonyl (C=O) groups is 1. The van der Waals surface area contributed by atoms with E-state index >= 15 is 0 Å². The van der Waals surface area contributed by atoms with Crippen LogP contribution in [0, 0.1) is 0 Å². The first-order valence-electron chi connectivity index (χ1n) is 12.1. The lowest BCUT2D eigenvalue weighted by molar-refractivity contribution is 0.0931. The molecule has 0 radical (unpaired) electrons. The standard InChI is InChI=1S/C30H28N4O2/c1-21(16-17-22-10-5-3-6-11-22)31-30(35)28-19-26(24-14-9-15-25(18-24)36-2)32-29-20-27(33-34(28)29)23-12-7-4-8-13-23/h3-15,18-21H,16-17H2,1-2H3,(H,31,35)/t21-/m1/s1. The average molecular weight is 477 g/mol. The topological polar surface area (TPSA) is 68.5 Å². The van der Waals surface area contributed by atoms with Gasteiger partial charge in [-0.3, -0.25) is 4.79 Å². The molecular weight excluding hydrogens is 448 g/mol. The summed E-state index contributed by atoms with van der Waals surface area (Å²) in [6.45, 7) is 2.03. The molecule has 1 amide bonds. The molecule has 0 saturated heterocycles. The van der Waals surface area contributed by atoms with Gasteiger partial charge in [0.25, 0.3) is 5.91 Å². The van der Waals surface area contributed by atoms with Crippen LogP contribution in [0.5, 0.6) is 5.75 Å². The number of hydrogen-bond donors (Lipinski definition) is 1. The molecule has 2 aromatic heterocycles. The van der Waals surface area contributed by atoms with Gasteiger partial charge in [0.05, 0.1) is 18.5 Å². The van der Waals surface area contributed by atoms with Gasteiger partial charge < -0.3 is 10.1 Å². The van der Waals surface area contributed by atoms with Crippen LogP contribution in [0.3, 0.4) is 0 Å². The average Bonchev–Trinajstić information content (AvgIpc) is 3.37. The van der Waals surface area contributed by atoms with Crippen molar-refractivity contribution in [3.05, 3.63) is 108 Å². The lowest BCUT2D eigenvalue weighted by Gasteiger charge is -2.15. The SMILES string of the molecule is COc1cccc(-c2cc(C(=O)N[C@H](C)CCc3ccccc3)n3nc(-c4ccccc4)cc3n2)c1. The number of benzene rings is 3. The number of nitrogens with one attached hydrogen (secondary N) is 1. The van der Waals surface area contributed by atoms with Crippen molar-refractivity contribution in [3.63, 3.8) is 0 Å². The van der Waals surface area contributed by atoms with Crippen molar-refractivity contribution < 1.29 is 9.53 Å². The molecule has 1 N–H and O–H groups in total. The van der Waals surface area contributed by atoms with E-state index < -0.39 is 0 Å². The number of ether oxygens (including phenoxy) is 1. The highest BCUT2D eigenvalue weighted by molar-refractivity contribution is 5.94. The quantitative estimate of drug-likeness (QED) is 0.306. The first-order chi connectivity index (χ1) is 17.6. The lowest BCUT2D eigenvalue weighted by Crippen LogP contribution is -2.34. The van der Waals surface area contributed by atoms with Gasteiger partial charge in [-0.2, -0.15) is 5.10 Å². The Kier molecular flexibility index (Phi) is 6.76. The van der Waals surface area contributed by atoms with Crippen LogP contribution < -0.4 is 10.1 Å². The Morgan fingerprint density at radius 1 is 0.889 bits per heavy atom. The van der Waals surface area contributed by atoms with Crippen molar-refractivity contribution in [2.45, 2.75) is 25.8 Å². The van der Waals surface area contributed by atoms with E-state index in [9.17, 15) is 4.79 Å². The van der Waals surface area contributed by atoms with E-state index in [4.69, 9.17) is 14.8 Å². The van der Waals surface area contributed by atoms with Gasteiger partial charge in [0.15, 0.2) is 5.65 Å². The molecule has 6 heteroatoms. The molecule has 2 heterocycles. The summed E-state index contributed by atoms with van der Waals surface area (Å²) >= 11 is 0. The summed E-state index contributed by atoms with van der Waals surface area (Å²) in [5.74, 6) is 0.544. The molecule has 0 spiro atoms. The summed E-state index contributed by atoms with van der Waals surface area (Å²) in [7, 11) is 1.63. The Hall–Kier alpha value is -4.45. The Bertz CT molecular complexity index is 1480. The molecule has 6 nitrogen and oxygen atoms in total. The van der Waals surface area contributed by atoms with Crippen molar-refractivity contribution in [2.24, 2.45) is 0 Å². The fraction of sp³-hybridized carbons (Fsp3) is 0.167. The second kappa shape index (κ2) is 10.4. The van der Waals surface area contributed by atoms with Gasteiger partial charge in [-0.25, -0.2) is 9.50 Å². The molecule has 0 saturated carbocycles. The monoisotopic (exact) mass is 476 g/mol. The second-order valence-electron chi connectivity index (χ2n) is 8.82. The highest BCUT2D eigenvalue weighted by atomic mass is 16.5. The molecule has 0 bridgehead atoms. The molecule has 0 unspecified atom stereocenters. The number of aryl methyl sites for hydroxylation is 1. The fourth-order valence-corrected chi connectivity index (χ4v) is 4.21. The predicted molar refractivity (Wildman–Crippen MR) is 142 cm³/mol. The first-order valence-corrected chi connectivity index (χ1v) is 12.1. The molecule has 36 heavy (non-hydrogen) atoms. The molecule has 180 valence electrons. The summed E-state index contributed by atoms with van der Waals surface area (Å²) in [5.41, 5.74) is 5.58. The predicted octanol–water partition coefficient (Wildman–Crippen LogP) is 5.82. The molecule has 5 rings (SSSR count). The third-order valence-electron chi connectivity index (χ3n) is 6.18. The van der Waals surface area contributed by atoms with Crippen molar-refractivity contribution in [2.75, 3.05) is 7.11 Å². The van der Waals surface area contributed by atoms with E-state index in [1.54, 1.807) is 17.7 Å². The number of carbonyl (C=O) groups excluding carboxylic acids is 1. The zero-order chi connectivity index (χ0) is 24.9. The summed E-state index contributed by atoms with van der Waals surface area (Å²) in [5, 5.41) is 7.90. The van der Waals surface area contributed by atoms with E-state index in [-0.39, 0.29) is 11.9 Å². The van der Waals surface area contributed by atoms with E-state index in [2.05, 4.69) is 17.4 Å². The number of methoxy groups -OCH3 is 1. The highest BCUT2D eigenvalue weighted by Gasteiger charge is 2.19. The minimum absolute atomic E-state index is 0.00894. The van der Waals surface area contributed by atoms with Crippen LogP contribution >= 0.6 is 0 Å². The highest BCUT2D eigenvalue weighted by Crippen LogP contribution is 2.26. The summed E-state index contributed by atoms with van der Waals surface area (Å²) in [4.78, 5) is 18.3. The third kappa shape index (κ3) is 5.13. The van der Waals surface area contributed by atoms with E-state index in [0.717, 1.165) is 35.4 Å². The largest absolute Gasteiger partial charge is 0.497 e. The maximum absolute atomic E-state index is 13.5. The van der Waals surface area contributed by atoms with Crippen LogP contribution in [0.25, 0.3) is 28.2 Å². The number of rotatable bonds is 8. The maximum Gasteiger partial charge on any atom is 0.270 e. The van der Waals surface area contributed by atoms with Crippen LogP contribution in [0.1, 0.15) is 29.4 Å². The summed E-state index contributed by atoms with van der Waals surface area (Å²) in [6.07, 6.45) is 1.73. The molecule has 5 aromatic rings. The molecule has 0 aliphatic carbocycles. The second-order valence-corrected chi connectivity index (χ2v) is 8.82. The van der Waals surface area contributed by atoms with Gasteiger partial charge in [0, 0.05) is 23.2 Å². The Balaban J connectivity index is 1.49. The minimum Gasteiger partial charge on any atom is -0.497 e. The molecular formula is C30H28N4O2. The summed E-state index contributed by atoms with van der Waals surface area (Å²) < 4.78 is 7.03. The Morgan fingerprint density at radius 3 is 2.36 bits per heavy atom. The van der Waals surface area contributed by atoms with Crippen molar-refractivity contribution in [1.82, 2.24) is 19.9 Å². The Morgan fingerprint density at radius 2 is 1.61 bits per heavy atom. The minimum atomic E-state index is -0.185. The van der Waals surface area contributed by atoms with Crippen LogP contribution in [0.4, 0.5) is 0 Å². The number of aromatic nitrogens is 3. The third-order valence-corrected chi connectivity index (χ3v) is 6.18. The van der Waals surface area contributed by atoms with Crippen LogP contribution in [-0.2, 0) is 6.42 Å². The zero-order valence-corrected chi connectivity index (χ0v) is 20.4. The number of fused-ring (bicyclic) bond motifs is 1. The molecule has 0 aliphatic rings. The summed E-state index contributed by atoms with van der Waals surface area (Å²) in [6, 6.07) is 31.6. The van der Waals surface area contributed by atoms with Gasteiger partial charge in [-0.15, -0.1) is 0 Å². The van der Waals surface area contributed by atoms with Gasteiger partial charge >= 0.3 is 0 Å². The number of amides is 1. The molecule has 0 fully saturated rings. The number of nitrogens with zero attached hydrogens (tertiary/aromatic N) is 3. The van der Waals surface area contributed by atoms with Gasteiger partial charge in [-0.05, 0) is 43.5 Å². The van der Waals surface area contributed by atoms with Gasteiger partial charge in [-0.1, -0.05) is 72.8 Å². The van der Waals surface area contributed by atoms with Gasteiger partial charge in [0.2, 0.25) is 0 Å². The normalized spacial score (nSPS) is 11.8. The first kappa shape index (κ1) is 23.3. The van der Waals surface area contributed by atoms with E-state index in [0.29, 0.717) is 17.0 Å². The molecule has 3 aromatic carbocycles. The van der Waals surface area contributed by atoms with Crippen LogP contribution in [0.2, 0.25) is 0 Å². The van der Waals surface area contributed by atoms with E-state index in [1.165, 1.54) is 5.56 Å². The van der Waals surface area contributed by atoms with Crippen molar-refractivity contribution in [1.29, 1.82) is 0 Å².